The molecule has 0 aliphatic carbocycles. The SMILES string of the molecule is CN(Cc1cc([N+](=O)[O-])ccc1Cl)C(=O)CCC1CCNCC1. The lowest BCUT2D eigenvalue weighted by atomic mass is 9.93. The molecule has 1 aromatic carbocycles. The van der Waals surface area contributed by atoms with Crippen LogP contribution in [0.1, 0.15) is 31.2 Å². The predicted molar refractivity (Wildman–Crippen MR) is 89.4 cm³/mol. The normalized spacial score (nSPS) is 15.4. The van der Waals surface area contributed by atoms with Gasteiger partial charge in [0.25, 0.3) is 5.69 Å². The van der Waals surface area contributed by atoms with Crippen molar-refractivity contribution in [3.8, 4) is 0 Å². The van der Waals surface area contributed by atoms with Crippen molar-refractivity contribution in [2.24, 2.45) is 5.92 Å². The third-order valence-electron chi connectivity index (χ3n) is 4.30. The van der Waals surface area contributed by atoms with Crippen molar-refractivity contribution >= 4 is 23.2 Å². The fourth-order valence-electron chi connectivity index (χ4n) is 2.83. The number of nitrogens with zero attached hydrogens (tertiary/aromatic N) is 2. The number of nitro groups is 1. The number of amides is 1. The molecule has 126 valence electrons. The van der Waals surface area contributed by atoms with E-state index in [2.05, 4.69) is 5.32 Å². The highest BCUT2D eigenvalue weighted by atomic mass is 35.5. The molecule has 1 aliphatic rings. The van der Waals surface area contributed by atoms with Crippen LogP contribution in [0.2, 0.25) is 5.02 Å². The Morgan fingerprint density at radius 1 is 1.43 bits per heavy atom. The van der Waals surface area contributed by atoms with Crippen LogP contribution in [0.3, 0.4) is 0 Å². The van der Waals surface area contributed by atoms with Crippen LogP contribution in [0.25, 0.3) is 0 Å². The standard InChI is InChI=1S/C16H22ClN3O3/c1-19(16(21)5-2-12-6-8-18-9-7-12)11-13-10-14(20(22)23)3-4-15(13)17/h3-4,10,12,18H,2,5-9,11H2,1H3. The average Bonchev–Trinajstić information content (AvgIpc) is 2.55. The molecular weight excluding hydrogens is 318 g/mol. The maximum Gasteiger partial charge on any atom is 0.269 e. The van der Waals surface area contributed by atoms with Gasteiger partial charge in [0.1, 0.15) is 0 Å². The minimum Gasteiger partial charge on any atom is -0.341 e. The summed E-state index contributed by atoms with van der Waals surface area (Å²) in [5.41, 5.74) is 0.582. The Balaban J connectivity index is 1.90. The van der Waals surface area contributed by atoms with Crippen molar-refractivity contribution in [3.63, 3.8) is 0 Å². The number of hydrogen-bond acceptors (Lipinski definition) is 4. The first-order valence-electron chi connectivity index (χ1n) is 7.85. The molecule has 0 atom stereocenters. The van der Waals surface area contributed by atoms with Gasteiger partial charge in [-0.1, -0.05) is 11.6 Å². The largest absolute Gasteiger partial charge is 0.341 e. The van der Waals surface area contributed by atoms with Crippen molar-refractivity contribution in [3.05, 3.63) is 38.9 Å². The molecule has 1 aliphatic heterocycles. The van der Waals surface area contributed by atoms with Crippen molar-refractivity contribution in [1.29, 1.82) is 0 Å². The first-order chi connectivity index (χ1) is 11.0. The molecule has 2 rings (SSSR count). The highest BCUT2D eigenvalue weighted by Gasteiger charge is 2.18. The molecule has 1 amide bonds. The van der Waals surface area contributed by atoms with E-state index >= 15 is 0 Å². The van der Waals surface area contributed by atoms with E-state index in [-0.39, 0.29) is 18.1 Å². The predicted octanol–water partition coefficient (Wildman–Crippen LogP) is 2.99. The van der Waals surface area contributed by atoms with Crippen LogP contribution < -0.4 is 5.32 Å². The minimum atomic E-state index is -0.460. The fourth-order valence-corrected chi connectivity index (χ4v) is 3.01. The molecule has 1 N–H and O–H groups in total. The van der Waals surface area contributed by atoms with E-state index in [4.69, 9.17) is 11.6 Å². The molecule has 23 heavy (non-hydrogen) atoms. The van der Waals surface area contributed by atoms with Crippen LogP contribution in [0.4, 0.5) is 5.69 Å². The summed E-state index contributed by atoms with van der Waals surface area (Å²) in [6.07, 6.45) is 3.64. The first-order valence-corrected chi connectivity index (χ1v) is 8.22. The highest BCUT2D eigenvalue weighted by Crippen LogP contribution is 2.24. The second kappa shape index (κ2) is 8.26. The lowest BCUT2D eigenvalue weighted by Crippen LogP contribution is -2.30. The van der Waals surface area contributed by atoms with E-state index in [0.29, 0.717) is 22.9 Å². The zero-order valence-corrected chi connectivity index (χ0v) is 14.0. The molecule has 0 aromatic heterocycles. The first kappa shape index (κ1) is 17.7. The second-order valence-corrected chi connectivity index (χ2v) is 6.42. The maximum atomic E-state index is 12.3. The number of halogens is 1. The summed E-state index contributed by atoms with van der Waals surface area (Å²) in [6, 6.07) is 4.30. The lowest BCUT2D eigenvalue weighted by Gasteiger charge is -2.24. The summed E-state index contributed by atoms with van der Waals surface area (Å²) in [5.74, 6) is 0.654. The number of carbonyl (C=O) groups excluding carboxylic acids is 1. The number of hydrogen-bond donors (Lipinski definition) is 1. The van der Waals surface area contributed by atoms with Crippen LogP contribution in [0.15, 0.2) is 18.2 Å². The number of benzene rings is 1. The van der Waals surface area contributed by atoms with E-state index in [0.717, 1.165) is 32.4 Å². The van der Waals surface area contributed by atoms with Gasteiger partial charge < -0.3 is 10.2 Å². The monoisotopic (exact) mass is 339 g/mol. The van der Waals surface area contributed by atoms with Crippen LogP contribution in [0.5, 0.6) is 0 Å². The fraction of sp³-hybridized carbons (Fsp3) is 0.562. The average molecular weight is 340 g/mol. The van der Waals surface area contributed by atoms with Gasteiger partial charge in [0, 0.05) is 37.2 Å². The molecule has 7 heteroatoms. The smallest absolute Gasteiger partial charge is 0.269 e. The Labute approximate surface area is 141 Å². The van der Waals surface area contributed by atoms with Gasteiger partial charge in [-0.15, -0.1) is 0 Å². The van der Waals surface area contributed by atoms with Gasteiger partial charge in [0.2, 0.25) is 5.91 Å². The Kier molecular flexibility index (Phi) is 6.36. The molecule has 0 spiro atoms. The molecule has 1 fully saturated rings. The lowest BCUT2D eigenvalue weighted by molar-refractivity contribution is -0.384. The van der Waals surface area contributed by atoms with Crippen LogP contribution in [0, 0.1) is 16.0 Å². The Morgan fingerprint density at radius 3 is 2.78 bits per heavy atom. The van der Waals surface area contributed by atoms with Gasteiger partial charge in [0.05, 0.1) is 4.92 Å². The number of piperidine rings is 1. The van der Waals surface area contributed by atoms with Crippen LogP contribution >= 0.6 is 11.6 Å². The van der Waals surface area contributed by atoms with E-state index in [1.54, 1.807) is 11.9 Å². The zero-order valence-electron chi connectivity index (χ0n) is 13.3. The number of rotatable bonds is 6. The molecule has 1 heterocycles. The van der Waals surface area contributed by atoms with Gasteiger partial charge >= 0.3 is 0 Å². The Hall–Kier alpha value is -1.66. The summed E-state index contributed by atoms with van der Waals surface area (Å²) in [7, 11) is 1.71. The molecule has 0 bridgehead atoms. The molecular formula is C16H22ClN3O3. The van der Waals surface area contributed by atoms with E-state index in [1.165, 1.54) is 18.2 Å². The number of nitrogens with one attached hydrogen (secondary N) is 1. The summed E-state index contributed by atoms with van der Waals surface area (Å²) in [4.78, 5) is 24.2. The Bertz CT molecular complexity index is 574. The molecule has 0 unspecified atom stereocenters. The van der Waals surface area contributed by atoms with Crippen molar-refractivity contribution in [2.75, 3.05) is 20.1 Å². The van der Waals surface area contributed by atoms with Crippen LogP contribution in [-0.4, -0.2) is 35.9 Å². The third-order valence-corrected chi connectivity index (χ3v) is 4.67. The second-order valence-electron chi connectivity index (χ2n) is 6.01. The van der Waals surface area contributed by atoms with E-state index in [1.807, 2.05) is 0 Å². The summed E-state index contributed by atoms with van der Waals surface area (Å²) in [5, 5.41) is 14.6. The topological polar surface area (TPSA) is 75.5 Å². The molecule has 6 nitrogen and oxygen atoms in total. The van der Waals surface area contributed by atoms with Crippen molar-refractivity contribution in [1.82, 2.24) is 10.2 Å². The van der Waals surface area contributed by atoms with Gasteiger partial charge in [-0.05, 0) is 49.9 Å². The minimum absolute atomic E-state index is 0.0139. The number of non-ortho nitro benzene ring substituents is 1. The van der Waals surface area contributed by atoms with Crippen LogP contribution in [-0.2, 0) is 11.3 Å². The zero-order chi connectivity index (χ0) is 16.8. The van der Waals surface area contributed by atoms with Gasteiger partial charge in [-0.3, -0.25) is 14.9 Å². The van der Waals surface area contributed by atoms with E-state index in [9.17, 15) is 14.9 Å². The number of carbonyl (C=O) groups is 1. The van der Waals surface area contributed by atoms with Crippen molar-refractivity contribution in [2.45, 2.75) is 32.2 Å². The van der Waals surface area contributed by atoms with Gasteiger partial charge in [-0.25, -0.2) is 0 Å². The molecule has 0 saturated carbocycles. The maximum absolute atomic E-state index is 12.3. The third kappa shape index (κ3) is 5.18. The van der Waals surface area contributed by atoms with Gasteiger partial charge in [0.15, 0.2) is 0 Å². The molecule has 1 saturated heterocycles. The van der Waals surface area contributed by atoms with Crippen molar-refractivity contribution < 1.29 is 9.72 Å². The summed E-state index contributed by atoms with van der Waals surface area (Å²) >= 11 is 6.08. The molecule has 0 radical (unpaired) electrons. The summed E-state index contributed by atoms with van der Waals surface area (Å²) in [6.45, 7) is 2.33. The van der Waals surface area contributed by atoms with E-state index < -0.39 is 4.92 Å². The quantitative estimate of drug-likeness (QED) is 0.638. The highest BCUT2D eigenvalue weighted by molar-refractivity contribution is 6.31. The molecule has 1 aromatic rings. The van der Waals surface area contributed by atoms with Gasteiger partial charge in [-0.2, -0.15) is 0 Å². The number of nitro benzene ring substituents is 1. The summed E-state index contributed by atoms with van der Waals surface area (Å²) < 4.78 is 0. The Morgan fingerprint density at radius 2 is 2.13 bits per heavy atom.